The molecule has 1 fully saturated rings. The van der Waals surface area contributed by atoms with E-state index in [1.807, 2.05) is 18.2 Å². The van der Waals surface area contributed by atoms with Crippen LogP contribution >= 0.6 is 11.6 Å². The summed E-state index contributed by atoms with van der Waals surface area (Å²) in [6.07, 6.45) is 0.722. The summed E-state index contributed by atoms with van der Waals surface area (Å²) in [6, 6.07) is 7.39. The summed E-state index contributed by atoms with van der Waals surface area (Å²) in [5.74, 6) is -0.493. The summed E-state index contributed by atoms with van der Waals surface area (Å²) in [5, 5.41) is 0.636. The maximum atomic E-state index is 11.9. The molecule has 0 aliphatic carbocycles. The van der Waals surface area contributed by atoms with Gasteiger partial charge in [-0.05, 0) is 24.1 Å². The molecule has 1 aliphatic heterocycles. The zero-order chi connectivity index (χ0) is 13.2. The van der Waals surface area contributed by atoms with Gasteiger partial charge in [-0.25, -0.2) is 0 Å². The summed E-state index contributed by atoms with van der Waals surface area (Å²) >= 11 is 5.98. The van der Waals surface area contributed by atoms with E-state index in [9.17, 15) is 4.79 Å². The van der Waals surface area contributed by atoms with Crippen LogP contribution in [-0.4, -0.2) is 26.3 Å². The summed E-state index contributed by atoms with van der Waals surface area (Å²) in [5.41, 5.74) is 0.962. The molecule has 18 heavy (non-hydrogen) atoms. The fraction of sp³-hybridized carbons (Fsp3) is 0.500. The van der Waals surface area contributed by atoms with E-state index in [1.165, 1.54) is 7.11 Å². The number of carbonyl (C=O) groups excluding carboxylic acids is 1. The highest BCUT2D eigenvalue weighted by Gasteiger charge is 2.38. The van der Waals surface area contributed by atoms with Crippen LogP contribution in [0.5, 0.6) is 0 Å². The van der Waals surface area contributed by atoms with E-state index >= 15 is 0 Å². The highest BCUT2D eigenvalue weighted by atomic mass is 35.5. The Morgan fingerprint density at radius 2 is 2.28 bits per heavy atom. The Morgan fingerprint density at radius 1 is 1.56 bits per heavy atom. The SMILES string of the molecule is COC(=O)C(CC1(C)COC1)c1cccc(Cl)c1. The van der Waals surface area contributed by atoms with Gasteiger partial charge in [0.1, 0.15) is 0 Å². The van der Waals surface area contributed by atoms with Crippen molar-refractivity contribution in [2.45, 2.75) is 19.3 Å². The van der Waals surface area contributed by atoms with Crippen molar-refractivity contribution in [2.75, 3.05) is 20.3 Å². The minimum absolute atomic E-state index is 0.0567. The van der Waals surface area contributed by atoms with Crippen molar-refractivity contribution in [3.63, 3.8) is 0 Å². The minimum Gasteiger partial charge on any atom is -0.469 e. The van der Waals surface area contributed by atoms with Crippen LogP contribution in [0.4, 0.5) is 0 Å². The number of hydrogen-bond donors (Lipinski definition) is 0. The molecular formula is C14H17ClO3. The van der Waals surface area contributed by atoms with Gasteiger partial charge in [-0.3, -0.25) is 4.79 Å². The Bertz CT molecular complexity index is 440. The number of hydrogen-bond acceptors (Lipinski definition) is 3. The molecule has 98 valence electrons. The fourth-order valence-electron chi connectivity index (χ4n) is 2.26. The van der Waals surface area contributed by atoms with Gasteiger partial charge >= 0.3 is 5.97 Å². The molecular weight excluding hydrogens is 252 g/mol. The van der Waals surface area contributed by atoms with E-state index in [0.29, 0.717) is 18.2 Å². The predicted octanol–water partition coefficient (Wildman–Crippen LogP) is 3.02. The van der Waals surface area contributed by atoms with Gasteiger partial charge in [0, 0.05) is 10.4 Å². The van der Waals surface area contributed by atoms with Crippen LogP contribution in [-0.2, 0) is 14.3 Å². The summed E-state index contributed by atoms with van der Waals surface area (Å²) in [6.45, 7) is 3.51. The Labute approximate surface area is 112 Å². The van der Waals surface area contributed by atoms with Crippen molar-refractivity contribution in [1.82, 2.24) is 0 Å². The molecule has 1 atom stereocenters. The molecule has 1 unspecified atom stereocenters. The second kappa shape index (κ2) is 5.29. The summed E-state index contributed by atoms with van der Waals surface area (Å²) < 4.78 is 10.1. The number of benzene rings is 1. The molecule has 1 saturated heterocycles. The molecule has 4 heteroatoms. The van der Waals surface area contributed by atoms with Gasteiger partial charge in [-0.1, -0.05) is 30.7 Å². The zero-order valence-electron chi connectivity index (χ0n) is 10.6. The third-order valence-electron chi connectivity index (χ3n) is 3.33. The Hall–Kier alpha value is -1.06. The van der Waals surface area contributed by atoms with E-state index in [4.69, 9.17) is 21.1 Å². The topological polar surface area (TPSA) is 35.5 Å². The number of esters is 1. The van der Waals surface area contributed by atoms with E-state index in [-0.39, 0.29) is 17.3 Å². The van der Waals surface area contributed by atoms with Gasteiger partial charge in [0.15, 0.2) is 0 Å². The Morgan fingerprint density at radius 3 is 2.78 bits per heavy atom. The first-order valence-electron chi connectivity index (χ1n) is 5.95. The largest absolute Gasteiger partial charge is 0.469 e. The number of ether oxygens (including phenoxy) is 2. The highest BCUT2D eigenvalue weighted by molar-refractivity contribution is 6.30. The molecule has 0 amide bonds. The second-order valence-electron chi connectivity index (χ2n) is 5.14. The normalized spacial score (nSPS) is 18.8. The van der Waals surface area contributed by atoms with Crippen LogP contribution in [0.15, 0.2) is 24.3 Å². The third kappa shape index (κ3) is 2.85. The molecule has 1 aromatic carbocycles. The van der Waals surface area contributed by atoms with Crippen LogP contribution < -0.4 is 0 Å². The third-order valence-corrected chi connectivity index (χ3v) is 3.57. The van der Waals surface area contributed by atoms with Gasteiger partial charge in [-0.2, -0.15) is 0 Å². The lowest BCUT2D eigenvalue weighted by Gasteiger charge is -2.40. The number of carbonyl (C=O) groups is 1. The van der Waals surface area contributed by atoms with Crippen molar-refractivity contribution < 1.29 is 14.3 Å². The van der Waals surface area contributed by atoms with Crippen LogP contribution in [0.3, 0.4) is 0 Å². The van der Waals surface area contributed by atoms with Gasteiger partial charge in [0.2, 0.25) is 0 Å². The van der Waals surface area contributed by atoms with Crippen molar-refractivity contribution in [1.29, 1.82) is 0 Å². The predicted molar refractivity (Wildman–Crippen MR) is 69.8 cm³/mol. The molecule has 3 nitrogen and oxygen atoms in total. The van der Waals surface area contributed by atoms with Crippen LogP contribution in [0, 0.1) is 5.41 Å². The molecule has 1 aliphatic rings. The van der Waals surface area contributed by atoms with Crippen LogP contribution in [0.1, 0.15) is 24.8 Å². The lowest BCUT2D eigenvalue weighted by Crippen LogP contribution is -2.42. The quantitative estimate of drug-likeness (QED) is 0.788. The van der Waals surface area contributed by atoms with E-state index in [0.717, 1.165) is 12.0 Å². The van der Waals surface area contributed by atoms with Crippen LogP contribution in [0.2, 0.25) is 5.02 Å². The minimum atomic E-state index is -0.275. The van der Waals surface area contributed by atoms with Crippen LogP contribution in [0.25, 0.3) is 0 Å². The molecule has 1 heterocycles. The van der Waals surface area contributed by atoms with Crippen molar-refractivity contribution in [3.05, 3.63) is 34.9 Å². The molecule has 0 N–H and O–H groups in total. The number of methoxy groups -OCH3 is 1. The van der Waals surface area contributed by atoms with E-state index in [1.54, 1.807) is 6.07 Å². The van der Waals surface area contributed by atoms with Gasteiger partial charge in [0.25, 0.3) is 0 Å². The standard InChI is InChI=1S/C14H17ClO3/c1-14(8-18-9-14)7-12(13(16)17-2)10-4-3-5-11(15)6-10/h3-6,12H,7-9H2,1-2H3. The lowest BCUT2D eigenvalue weighted by atomic mass is 9.77. The molecule has 1 aromatic rings. The molecule has 0 aromatic heterocycles. The molecule has 0 saturated carbocycles. The monoisotopic (exact) mass is 268 g/mol. The first-order valence-corrected chi connectivity index (χ1v) is 6.33. The molecule has 0 radical (unpaired) electrons. The van der Waals surface area contributed by atoms with Gasteiger partial charge in [0.05, 0.1) is 26.2 Å². The first kappa shape index (κ1) is 13.4. The average molecular weight is 269 g/mol. The number of halogens is 1. The summed E-state index contributed by atoms with van der Waals surface area (Å²) in [7, 11) is 1.42. The smallest absolute Gasteiger partial charge is 0.313 e. The van der Waals surface area contributed by atoms with Gasteiger partial charge < -0.3 is 9.47 Å². The highest BCUT2D eigenvalue weighted by Crippen LogP contribution is 2.38. The molecule has 0 spiro atoms. The van der Waals surface area contributed by atoms with Crippen molar-refractivity contribution in [2.24, 2.45) is 5.41 Å². The lowest BCUT2D eigenvalue weighted by molar-refractivity contribution is -0.148. The fourth-order valence-corrected chi connectivity index (χ4v) is 2.46. The second-order valence-corrected chi connectivity index (χ2v) is 5.57. The van der Waals surface area contributed by atoms with E-state index < -0.39 is 0 Å². The summed E-state index contributed by atoms with van der Waals surface area (Å²) in [4.78, 5) is 11.9. The average Bonchev–Trinajstić information content (AvgIpc) is 2.33. The van der Waals surface area contributed by atoms with E-state index in [2.05, 4.69) is 6.92 Å². The van der Waals surface area contributed by atoms with Crippen molar-refractivity contribution >= 4 is 17.6 Å². The molecule has 2 rings (SSSR count). The maximum Gasteiger partial charge on any atom is 0.313 e. The number of rotatable bonds is 4. The zero-order valence-corrected chi connectivity index (χ0v) is 11.4. The van der Waals surface area contributed by atoms with Crippen molar-refractivity contribution in [3.8, 4) is 0 Å². The molecule has 0 bridgehead atoms. The maximum absolute atomic E-state index is 11.9. The van der Waals surface area contributed by atoms with Gasteiger partial charge in [-0.15, -0.1) is 0 Å². The Kier molecular flexibility index (Phi) is 3.93. The first-order chi connectivity index (χ1) is 8.54. The Balaban J connectivity index is 2.22.